The quantitative estimate of drug-likeness (QED) is 0.647. The average molecular weight is 414 g/mol. The summed E-state index contributed by atoms with van der Waals surface area (Å²) in [6.07, 6.45) is 4.91. The first-order chi connectivity index (χ1) is 13.9. The molecule has 0 bridgehead atoms. The highest BCUT2D eigenvalue weighted by molar-refractivity contribution is 7.89. The van der Waals surface area contributed by atoms with Crippen molar-refractivity contribution in [2.75, 3.05) is 11.9 Å². The van der Waals surface area contributed by atoms with Gasteiger partial charge in [0.15, 0.2) is 5.82 Å². The summed E-state index contributed by atoms with van der Waals surface area (Å²) in [5, 5.41) is 8.32. The van der Waals surface area contributed by atoms with Gasteiger partial charge >= 0.3 is 0 Å². The van der Waals surface area contributed by atoms with Crippen LogP contribution in [0.3, 0.4) is 0 Å². The van der Waals surface area contributed by atoms with Crippen LogP contribution in [0, 0.1) is 5.92 Å². The number of sulfonamides is 1. The van der Waals surface area contributed by atoms with E-state index >= 15 is 0 Å². The Balaban J connectivity index is 1.44. The smallest absolute Gasteiger partial charge is 0.261 e. The Hall–Kier alpha value is -2.65. The number of aromatic nitrogens is 3. The van der Waals surface area contributed by atoms with Crippen LogP contribution in [-0.4, -0.2) is 40.1 Å². The van der Waals surface area contributed by atoms with E-state index in [0.29, 0.717) is 29.4 Å². The number of nitrogens with one attached hydrogen (secondary N) is 2. The molecule has 3 aromatic rings. The van der Waals surface area contributed by atoms with E-state index in [4.69, 9.17) is 0 Å². The van der Waals surface area contributed by atoms with Crippen LogP contribution in [0.4, 0.5) is 11.5 Å². The van der Waals surface area contributed by atoms with Gasteiger partial charge in [-0.25, -0.2) is 8.42 Å². The molecule has 2 fully saturated rings. The number of fused-ring (bicyclic) bond motifs is 1. The molecule has 1 saturated carbocycles. The molecule has 0 spiro atoms. The van der Waals surface area contributed by atoms with Crippen LogP contribution in [0.25, 0.3) is 10.9 Å². The van der Waals surface area contributed by atoms with Gasteiger partial charge < -0.3 is 10.3 Å². The second kappa shape index (κ2) is 6.70. The number of H-pyrrole nitrogens is 1. The maximum Gasteiger partial charge on any atom is 0.261 e. The second-order valence-corrected chi connectivity index (χ2v) is 9.83. The molecule has 8 nitrogen and oxygen atoms in total. The summed E-state index contributed by atoms with van der Waals surface area (Å²) < 4.78 is 28.7. The maximum atomic E-state index is 12.7. The molecule has 1 aliphatic heterocycles. The predicted octanol–water partition coefficient (Wildman–Crippen LogP) is 2.66. The molecule has 0 amide bonds. The molecule has 1 aliphatic carbocycles. The largest absolute Gasteiger partial charge is 0.338 e. The number of nitrogens with zero attached hydrogens (tertiary/aromatic N) is 3. The zero-order chi connectivity index (χ0) is 20.2. The minimum Gasteiger partial charge on any atom is -0.338 e. The molecule has 2 aliphatic rings. The van der Waals surface area contributed by atoms with E-state index < -0.39 is 10.0 Å². The van der Waals surface area contributed by atoms with E-state index in [0.717, 1.165) is 18.5 Å². The lowest BCUT2D eigenvalue weighted by Crippen LogP contribution is -2.49. The van der Waals surface area contributed by atoms with Gasteiger partial charge in [0.1, 0.15) is 5.39 Å². The van der Waals surface area contributed by atoms with Gasteiger partial charge in [0, 0.05) is 31.0 Å². The molecule has 2 N–H and O–H groups in total. The van der Waals surface area contributed by atoms with E-state index in [1.165, 1.54) is 17.1 Å². The van der Waals surface area contributed by atoms with E-state index in [9.17, 15) is 13.2 Å². The molecule has 1 unspecified atom stereocenters. The summed E-state index contributed by atoms with van der Waals surface area (Å²) in [4.78, 5) is 15.4. The van der Waals surface area contributed by atoms with Gasteiger partial charge in [-0.2, -0.15) is 9.40 Å². The molecule has 3 heterocycles. The van der Waals surface area contributed by atoms with Crippen LogP contribution in [0.15, 0.2) is 46.2 Å². The Morgan fingerprint density at radius 3 is 2.55 bits per heavy atom. The van der Waals surface area contributed by atoms with Gasteiger partial charge in [-0.15, -0.1) is 0 Å². The third-order valence-electron chi connectivity index (χ3n) is 5.79. The number of rotatable bonds is 6. The number of aromatic amines is 1. The molecule has 1 atom stereocenters. The lowest BCUT2D eigenvalue weighted by atomic mass is 10.1. The molecule has 1 aromatic carbocycles. The van der Waals surface area contributed by atoms with Crippen molar-refractivity contribution in [2.24, 2.45) is 5.92 Å². The van der Waals surface area contributed by atoms with Crippen molar-refractivity contribution in [2.45, 2.75) is 43.7 Å². The van der Waals surface area contributed by atoms with E-state index in [2.05, 4.69) is 15.4 Å². The van der Waals surface area contributed by atoms with Crippen molar-refractivity contribution in [3.8, 4) is 0 Å². The Labute approximate surface area is 168 Å². The molecular weight excluding hydrogens is 390 g/mol. The maximum absolute atomic E-state index is 12.7. The fourth-order valence-corrected chi connectivity index (χ4v) is 5.42. The van der Waals surface area contributed by atoms with Crippen molar-refractivity contribution in [1.29, 1.82) is 0 Å². The Kier molecular flexibility index (Phi) is 4.25. The highest BCUT2D eigenvalue weighted by atomic mass is 32.2. The molecule has 1 saturated heterocycles. The summed E-state index contributed by atoms with van der Waals surface area (Å²) in [5.74, 6) is 1.10. The zero-order valence-corrected chi connectivity index (χ0v) is 16.9. The average Bonchev–Trinajstić information content (AvgIpc) is 3.43. The third-order valence-corrected chi connectivity index (χ3v) is 7.81. The van der Waals surface area contributed by atoms with Crippen molar-refractivity contribution >= 4 is 32.4 Å². The van der Waals surface area contributed by atoms with Crippen LogP contribution in [0.1, 0.15) is 26.2 Å². The molecule has 5 rings (SSSR count). The van der Waals surface area contributed by atoms with Gasteiger partial charge in [0.2, 0.25) is 10.0 Å². The first-order valence-corrected chi connectivity index (χ1v) is 11.3. The normalized spacial score (nSPS) is 20.0. The number of anilines is 2. The number of hydrogen-bond donors (Lipinski definition) is 2. The summed E-state index contributed by atoms with van der Waals surface area (Å²) in [5.41, 5.74) is 1.29. The van der Waals surface area contributed by atoms with Gasteiger partial charge in [0.25, 0.3) is 5.56 Å². The van der Waals surface area contributed by atoms with Crippen molar-refractivity contribution in [1.82, 2.24) is 19.1 Å². The summed E-state index contributed by atoms with van der Waals surface area (Å²) in [7, 11) is -3.45. The van der Waals surface area contributed by atoms with Crippen molar-refractivity contribution in [3.05, 3.63) is 46.9 Å². The lowest BCUT2D eigenvalue weighted by molar-refractivity contribution is 0.217. The fourth-order valence-electron chi connectivity index (χ4n) is 3.74. The van der Waals surface area contributed by atoms with Gasteiger partial charge in [-0.3, -0.25) is 9.48 Å². The SMILES string of the molecule is CC1CCN1S(=O)(=O)c1ccc(Nc2nn(CC3CC3)c3cc[nH]c(=O)c23)cc1. The molecule has 152 valence electrons. The third kappa shape index (κ3) is 3.24. The molecule has 2 aromatic heterocycles. The van der Waals surface area contributed by atoms with Crippen molar-refractivity contribution < 1.29 is 8.42 Å². The molecular formula is C20H23N5O3S. The predicted molar refractivity (Wildman–Crippen MR) is 111 cm³/mol. The number of hydrogen-bond acceptors (Lipinski definition) is 5. The molecule has 9 heteroatoms. The molecule has 0 radical (unpaired) electrons. The van der Waals surface area contributed by atoms with Crippen LogP contribution < -0.4 is 10.9 Å². The van der Waals surface area contributed by atoms with Crippen molar-refractivity contribution in [3.63, 3.8) is 0 Å². The first-order valence-electron chi connectivity index (χ1n) is 9.90. The summed E-state index contributed by atoms with van der Waals surface area (Å²) >= 11 is 0. The second-order valence-electron chi connectivity index (χ2n) is 7.94. The Morgan fingerprint density at radius 1 is 1.17 bits per heavy atom. The van der Waals surface area contributed by atoms with E-state index in [-0.39, 0.29) is 16.5 Å². The number of benzene rings is 1. The molecule has 29 heavy (non-hydrogen) atoms. The van der Waals surface area contributed by atoms with E-state index in [1.807, 2.05) is 17.7 Å². The van der Waals surface area contributed by atoms with Gasteiger partial charge in [-0.05, 0) is 62.4 Å². The first kappa shape index (κ1) is 18.4. The van der Waals surface area contributed by atoms with Gasteiger partial charge in [-0.1, -0.05) is 0 Å². The lowest BCUT2D eigenvalue weighted by Gasteiger charge is -2.37. The standard InChI is InChI=1S/C20H23N5O3S/c1-13-9-11-25(13)29(27,28)16-6-4-15(5-7-16)22-19-18-17(8-10-21-20(18)26)24(23-19)12-14-2-3-14/h4-8,10,13-14H,2-3,9,11-12H2,1H3,(H,21,26)(H,22,23). The Bertz CT molecular complexity index is 1230. The minimum absolute atomic E-state index is 0.0475. The van der Waals surface area contributed by atoms with Gasteiger partial charge in [0.05, 0.1) is 10.4 Å². The van der Waals surface area contributed by atoms with Crippen LogP contribution in [0.5, 0.6) is 0 Å². The number of pyridine rings is 1. The minimum atomic E-state index is -3.45. The van der Waals surface area contributed by atoms with Crippen LogP contribution >= 0.6 is 0 Å². The fraction of sp³-hybridized carbons (Fsp3) is 0.400. The van der Waals surface area contributed by atoms with Crippen LogP contribution in [0.2, 0.25) is 0 Å². The zero-order valence-electron chi connectivity index (χ0n) is 16.1. The highest BCUT2D eigenvalue weighted by Crippen LogP contribution is 2.33. The monoisotopic (exact) mass is 413 g/mol. The summed E-state index contributed by atoms with van der Waals surface area (Å²) in [6, 6.07) is 8.51. The highest BCUT2D eigenvalue weighted by Gasteiger charge is 2.35. The van der Waals surface area contributed by atoms with Crippen LogP contribution in [-0.2, 0) is 16.6 Å². The van der Waals surface area contributed by atoms with E-state index in [1.54, 1.807) is 30.5 Å². The summed E-state index contributed by atoms with van der Waals surface area (Å²) in [6.45, 7) is 3.28. The Morgan fingerprint density at radius 2 is 1.93 bits per heavy atom. The topological polar surface area (TPSA) is 100 Å².